The summed E-state index contributed by atoms with van der Waals surface area (Å²) in [6.45, 7) is 8.89. The van der Waals surface area contributed by atoms with E-state index in [-0.39, 0.29) is 11.6 Å². The molecule has 1 amide bonds. The topological polar surface area (TPSA) is 72.2 Å². The molecule has 2 N–H and O–H groups in total. The van der Waals surface area contributed by atoms with Crippen LogP contribution < -0.4 is 5.69 Å². The lowest BCUT2D eigenvalue weighted by atomic mass is 10.2. The van der Waals surface area contributed by atoms with E-state index >= 15 is 0 Å². The van der Waals surface area contributed by atoms with E-state index in [0.717, 1.165) is 39.1 Å². The predicted octanol–water partition coefficient (Wildman–Crippen LogP) is 0.507. The minimum absolute atomic E-state index is 0.0928. The molecular weight excluding hydrogens is 244 g/mol. The molecule has 0 saturated carbocycles. The summed E-state index contributed by atoms with van der Waals surface area (Å²) < 4.78 is 0. The maximum atomic E-state index is 12.2. The van der Waals surface area contributed by atoms with Gasteiger partial charge in [-0.1, -0.05) is 13.8 Å². The first-order chi connectivity index (χ1) is 9.06. The number of aromatic nitrogens is 2. The Morgan fingerprint density at radius 1 is 1.32 bits per heavy atom. The molecular formula is C13H22N4O2. The molecule has 1 aromatic rings. The van der Waals surface area contributed by atoms with Crippen LogP contribution in [0, 0.1) is 5.92 Å². The highest BCUT2D eigenvalue weighted by atomic mass is 16.2. The fourth-order valence-corrected chi connectivity index (χ4v) is 2.49. The van der Waals surface area contributed by atoms with Crippen LogP contribution in [0.25, 0.3) is 0 Å². The third-order valence-electron chi connectivity index (χ3n) is 3.33. The van der Waals surface area contributed by atoms with Crippen molar-refractivity contribution in [3.63, 3.8) is 0 Å². The molecule has 2 rings (SSSR count). The van der Waals surface area contributed by atoms with Crippen LogP contribution in [-0.4, -0.2) is 58.4 Å². The Morgan fingerprint density at radius 3 is 2.74 bits per heavy atom. The van der Waals surface area contributed by atoms with E-state index < -0.39 is 0 Å². The zero-order chi connectivity index (χ0) is 13.8. The molecule has 0 bridgehead atoms. The number of aromatic amines is 2. The van der Waals surface area contributed by atoms with Crippen molar-refractivity contribution < 1.29 is 4.79 Å². The van der Waals surface area contributed by atoms with Crippen molar-refractivity contribution >= 4 is 5.91 Å². The summed E-state index contributed by atoms with van der Waals surface area (Å²) in [6.07, 6.45) is 2.43. The highest BCUT2D eigenvalue weighted by molar-refractivity contribution is 5.92. The average Bonchev–Trinajstić information content (AvgIpc) is 2.65. The Hall–Kier alpha value is -1.56. The van der Waals surface area contributed by atoms with Crippen LogP contribution in [0.15, 0.2) is 11.0 Å². The number of H-pyrrole nitrogens is 2. The minimum atomic E-state index is -0.334. The van der Waals surface area contributed by atoms with Crippen molar-refractivity contribution in [1.29, 1.82) is 0 Å². The van der Waals surface area contributed by atoms with Crippen LogP contribution in [0.4, 0.5) is 0 Å². The van der Waals surface area contributed by atoms with E-state index in [4.69, 9.17) is 0 Å². The summed E-state index contributed by atoms with van der Waals surface area (Å²) in [5.41, 5.74) is 0.0157. The molecule has 0 spiro atoms. The summed E-state index contributed by atoms with van der Waals surface area (Å²) in [5.74, 6) is 0.549. The number of carbonyl (C=O) groups is 1. The molecule has 1 aliphatic rings. The molecule has 19 heavy (non-hydrogen) atoms. The van der Waals surface area contributed by atoms with E-state index in [0.29, 0.717) is 11.6 Å². The number of rotatable bonds is 3. The molecule has 2 heterocycles. The van der Waals surface area contributed by atoms with Gasteiger partial charge < -0.3 is 19.8 Å². The van der Waals surface area contributed by atoms with Gasteiger partial charge in [0.2, 0.25) is 0 Å². The lowest BCUT2D eigenvalue weighted by Gasteiger charge is -2.22. The highest BCUT2D eigenvalue weighted by Gasteiger charge is 2.21. The van der Waals surface area contributed by atoms with Crippen molar-refractivity contribution in [2.24, 2.45) is 5.92 Å². The Labute approximate surface area is 112 Å². The molecule has 0 aromatic carbocycles. The molecule has 106 valence electrons. The lowest BCUT2D eigenvalue weighted by Crippen LogP contribution is -2.36. The van der Waals surface area contributed by atoms with Gasteiger partial charge in [-0.2, -0.15) is 0 Å². The van der Waals surface area contributed by atoms with Crippen molar-refractivity contribution in [3.8, 4) is 0 Å². The van der Waals surface area contributed by atoms with Gasteiger partial charge in [-0.3, -0.25) is 4.79 Å². The summed E-state index contributed by atoms with van der Waals surface area (Å²) in [4.78, 5) is 32.5. The van der Waals surface area contributed by atoms with Gasteiger partial charge in [-0.15, -0.1) is 0 Å². The first kappa shape index (κ1) is 13.9. The zero-order valence-electron chi connectivity index (χ0n) is 11.6. The number of hydrogen-bond donors (Lipinski definition) is 2. The molecule has 0 unspecified atom stereocenters. The molecule has 1 aliphatic heterocycles. The molecule has 1 saturated heterocycles. The van der Waals surface area contributed by atoms with Crippen molar-refractivity contribution in [3.05, 3.63) is 22.4 Å². The zero-order valence-corrected chi connectivity index (χ0v) is 11.6. The van der Waals surface area contributed by atoms with Crippen LogP contribution >= 0.6 is 0 Å². The molecule has 0 radical (unpaired) electrons. The summed E-state index contributed by atoms with van der Waals surface area (Å²) in [5, 5.41) is 0. The van der Waals surface area contributed by atoms with E-state index in [1.54, 1.807) is 0 Å². The molecule has 0 atom stereocenters. The first-order valence-electron chi connectivity index (χ1n) is 6.85. The quantitative estimate of drug-likeness (QED) is 0.837. The third kappa shape index (κ3) is 3.70. The SMILES string of the molecule is CC(C)CN1CCCN(C(=O)c2c[nH]c(=O)[nH]2)CC1. The van der Waals surface area contributed by atoms with E-state index in [1.807, 2.05) is 4.90 Å². The summed E-state index contributed by atoms with van der Waals surface area (Å²) >= 11 is 0. The first-order valence-corrected chi connectivity index (χ1v) is 6.85. The molecule has 6 nitrogen and oxygen atoms in total. The Kier molecular flexibility index (Phi) is 4.42. The summed E-state index contributed by atoms with van der Waals surface area (Å²) in [7, 11) is 0. The molecule has 1 aromatic heterocycles. The van der Waals surface area contributed by atoms with Gasteiger partial charge in [0.25, 0.3) is 5.91 Å². The van der Waals surface area contributed by atoms with Gasteiger partial charge in [-0.05, 0) is 18.9 Å². The minimum Gasteiger partial charge on any atom is -0.336 e. The monoisotopic (exact) mass is 266 g/mol. The van der Waals surface area contributed by atoms with Gasteiger partial charge in [0.1, 0.15) is 5.69 Å². The van der Waals surface area contributed by atoms with Gasteiger partial charge in [0, 0.05) is 32.4 Å². The number of imidazole rings is 1. The lowest BCUT2D eigenvalue weighted by molar-refractivity contribution is 0.0755. The van der Waals surface area contributed by atoms with Gasteiger partial charge in [-0.25, -0.2) is 4.79 Å². The van der Waals surface area contributed by atoms with Crippen LogP contribution in [0.5, 0.6) is 0 Å². The largest absolute Gasteiger partial charge is 0.336 e. The Bertz CT molecular complexity index is 477. The molecule has 1 fully saturated rings. The number of nitrogens with zero attached hydrogens (tertiary/aromatic N) is 2. The summed E-state index contributed by atoms with van der Waals surface area (Å²) in [6, 6.07) is 0. The van der Waals surface area contributed by atoms with Gasteiger partial charge >= 0.3 is 5.69 Å². The standard InChI is InChI=1S/C13H22N4O2/c1-10(2)9-16-4-3-5-17(7-6-16)12(18)11-8-14-13(19)15-11/h8,10H,3-7,9H2,1-2H3,(H2,14,15,19). The second-order valence-corrected chi connectivity index (χ2v) is 5.50. The normalized spacial score (nSPS) is 17.7. The fourth-order valence-electron chi connectivity index (χ4n) is 2.49. The van der Waals surface area contributed by atoms with Crippen molar-refractivity contribution in [2.75, 3.05) is 32.7 Å². The second kappa shape index (κ2) is 6.06. The van der Waals surface area contributed by atoms with E-state index in [1.165, 1.54) is 6.20 Å². The fraction of sp³-hybridized carbons (Fsp3) is 0.692. The maximum Gasteiger partial charge on any atom is 0.323 e. The highest BCUT2D eigenvalue weighted by Crippen LogP contribution is 2.08. The average molecular weight is 266 g/mol. The van der Waals surface area contributed by atoms with E-state index in [9.17, 15) is 9.59 Å². The number of hydrogen-bond acceptors (Lipinski definition) is 3. The Morgan fingerprint density at radius 2 is 2.11 bits per heavy atom. The molecule has 6 heteroatoms. The second-order valence-electron chi connectivity index (χ2n) is 5.50. The van der Waals surface area contributed by atoms with Crippen molar-refractivity contribution in [2.45, 2.75) is 20.3 Å². The third-order valence-corrected chi connectivity index (χ3v) is 3.33. The Balaban J connectivity index is 1.95. The number of carbonyl (C=O) groups excluding carboxylic acids is 1. The van der Waals surface area contributed by atoms with E-state index in [2.05, 4.69) is 28.7 Å². The van der Waals surface area contributed by atoms with Crippen molar-refractivity contribution in [1.82, 2.24) is 19.8 Å². The smallest absolute Gasteiger partial charge is 0.323 e. The number of amides is 1. The number of nitrogens with one attached hydrogen (secondary N) is 2. The predicted molar refractivity (Wildman–Crippen MR) is 73.2 cm³/mol. The van der Waals surface area contributed by atoms with Gasteiger partial charge in [0.15, 0.2) is 0 Å². The van der Waals surface area contributed by atoms with Crippen LogP contribution in [0.3, 0.4) is 0 Å². The van der Waals surface area contributed by atoms with Crippen LogP contribution in [0.1, 0.15) is 30.8 Å². The van der Waals surface area contributed by atoms with Gasteiger partial charge in [0.05, 0.1) is 0 Å². The van der Waals surface area contributed by atoms with Crippen LogP contribution in [0.2, 0.25) is 0 Å². The van der Waals surface area contributed by atoms with Crippen LogP contribution in [-0.2, 0) is 0 Å². The molecule has 0 aliphatic carbocycles. The maximum absolute atomic E-state index is 12.2.